The summed E-state index contributed by atoms with van der Waals surface area (Å²) in [5.74, 6) is -0.634. The molecule has 1 aliphatic rings. The third kappa shape index (κ3) is 5.98. The summed E-state index contributed by atoms with van der Waals surface area (Å²) < 4.78 is 45.7. The fourth-order valence-corrected chi connectivity index (χ4v) is 5.29. The molecule has 1 saturated heterocycles. The highest BCUT2D eigenvalue weighted by Crippen LogP contribution is 2.38. The topological polar surface area (TPSA) is 74.4 Å². The molecule has 0 spiro atoms. The zero-order valence-corrected chi connectivity index (χ0v) is 22.1. The van der Waals surface area contributed by atoms with Gasteiger partial charge in [-0.2, -0.15) is 13.2 Å². The average molecular weight is 550 g/mol. The Bertz CT molecular complexity index is 1510. The number of methoxy groups -OCH3 is 1. The number of nitrogens with zero attached hydrogens (tertiary/aromatic N) is 1. The smallest absolute Gasteiger partial charge is 0.416 e. The molecule has 1 atom stereocenters. The molecule has 208 valence electrons. The molecule has 9 heteroatoms. The first-order valence-electron chi connectivity index (χ1n) is 13.2. The fraction of sp³-hybridized carbons (Fsp3) is 0.290. The van der Waals surface area contributed by atoms with E-state index < -0.39 is 17.8 Å². The van der Waals surface area contributed by atoms with Crippen LogP contribution >= 0.6 is 0 Å². The summed E-state index contributed by atoms with van der Waals surface area (Å²) in [6, 6.07) is 18.0. The highest BCUT2D eigenvalue weighted by Gasteiger charge is 2.33. The first kappa shape index (κ1) is 27.3. The molecule has 2 heterocycles. The summed E-state index contributed by atoms with van der Waals surface area (Å²) >= 11 is 0. The number of halogens is 3. The molecule has 6 nitrogen and oxygen atoms in total. The quantitative estimate of drug-likeness (QED) is 0.267. The number of hydrogen-bond donors (Lipinski definition) is 2. The third-order valence-electron chi connectivity index (χ3n) is 7.31. The molecule has 5 rings (SSSR count). The van der Waals surface area contributed by atoms with Gasteiger partial charge in [0.15, 0.2) is 0 Å². The highest BCUT2D eigenvalue weighted by atomic mass is 19.4. The molecule has 0 radical (unpaired) electrons. The molecule has 1 aliphatic heterocycles. The summed E-state index contributed by atoms with van der Waals surface area (Å²) in [6.07, 6.45) is -0.754. The van der Waals surface area contributed by atoms with Crippen LogP contribution in [0.2, 0.25) is 0 Å². The number of H-pyrrole nitrogens is 1. The molecular weight excluding hydrogens is 519 g/mol. The lowest BCUT2D eigenvalue weighted by Crippen LogP contribution is -2.32. The predicted molar refractivity (Wildman–Crippen MR) is 147 cm³/mol. The zero-order valence-electron chi connectivity index (χ0n) is 22.1. The van der Waals surface area contributed by atoms with Crippen LogP contribution in [0, 0.1) is 0 Å². The molecule has 0 saturated carbocycles. The second-order valence-electron chi connectivity index (χ2n) is 10.0. The van der Waals surface area contributed by atoms with E-state index in [1.165, 1.54) is 19.2 Å². The summed E-state index contributed by atoms with van der Waals surface area (Å²) in [6.45, 7) is 1.32. The molecule has 1 amide bonds. The Morgan fingerprint density at radius 3 is 2.45 bits per heavy atom. The Hall–Kier alpha value is -4.27. The van der Waals surface area contributed by atoms with Gasteiger partial charge in [-0.05, 0) is 53.8 Å². The molecular formula is C31H30F3N3O3. The maximum absolute atomic E-state index is 13.7. The van der Waals surface area contributed by atoms with Crippen molar-refractivity contribution in [1.82, 2.24) is 10.3 Å². The number of benzene rings is 3. The first-order valence-corrected chi connectivity index (χ1v) is 13.2. The van der Waals surface area contributed by atoms with Crippen LogP contribution in [0.25, 0.3) is 10.9 Å². The Labute approximate surface area is 230 Å². The van der Waals surface area contributed by atoms with E-state index in [1.807, 2.05) is 53.4 Å². The Kier molecular flexibility index (Phi) is 7.82. The minimum absolute atomic E-state index is 0.0573. The van der Waals surface area contributed by atoms with Crippen molar-refractivity contribution in [2.45, 2.75) is 37.9 Å². The van der Waals surface area contributed by atoms with Crippen LogP contribution in [-0.2, 0) is 33.3 Å². The number of esters is 1. The lowest BCUT2D eigenvalue weighted by atomic mass is 9.94. The van der Waals surface area contributed by atoms with E-state index in [0.717, 1.165) is 46.5 Å². The van der Waals surface area contributed by atoms with Crippen LogP contribution in [0.3, 0.4) is 0 Å². The normalized spacial score (nSPS) is 14.3. The van der Waals surface area contributed by atoms with E-state index in [-0.39, 0.29) is 24.7 Å². The molecule has 4 aromatic rings. The molecule has 0 aliphatic carbocycles. The molecule has 1 unspecified atom stereocenters. The van der Waals surface area contributed by atoms with Gasteiger partial charge in [0, 0.05) is 41.4 Å². The number of aromatic amines is 1. The van der Waals surface area contributed by atoms with Gasteiger partial charge >= 0.3 is 12.1 Å². The number of carbonyl (C=O) groups is 2. The van der Waals surface area contributed by atoms with Crippen molar-refractivity contribution in [2.75, 3.05) is 25.1 Å². The van der Waals surface area contributed by atoms with Crippen molar-refractivity contribution in [3.63, 3.8) is 0 Å². The molecule has 2 N–H and O–H groups in total. The molecule has 40 heavy (non-hydrogen) atoms. The number of rotatable bonds is 8. The van der Waals surface area contributed by atoms with E-state index in [1.54, 1.807) is 6.20 Å². The van der Waals surface area contributed by atoms with E-state index in [4.69, 9.17) is 4.74 Å². The average Bonchev–Trinajstić information content (AvgIpc) is 3.62. The lowest BCUT2D eigenvalue weighted by molar-refractivity contribution is -0.140. The monoisotopic (exact) mass is 549 g/mol. The number of anilines is 1. The maximum atomic E-state index is 13.7. The SMILES string of the molecule is COC(=O)Cc1c[nH]c2ccc(CC(=O)NC(c3ccccc3)c3ccc(C(F)(F)F)cc3N3CCCC3)cc12. The van der Waals surface area contributed by atoms with Gasteiger partial charge in [0.25, 0.3) is 0 Å². The van der Waals surface area contributed by atoms with Gasteiger partial charge in [0.1, 0.15) is 0 Å². The van der Waals surface area contributed by atoms with Gasteiger partial charge < -0.3 is 19.9 Å². The van der Waals surface area contributed by atoms with Gasteiger partial charge in [-0.25, -0.2) is 0 Å². The molecule has 3 aromatic carbocycles. The van der Waals surface area contributed by atoms with Gasteiger partial charge in [0.05, 0.1) is 31.6 Å². The van der Waals surface area contributed by atoms with Crippen molar-refractivity contribution >= 4 is 28.5 Å². The van der Waals surface area contributed by atoms with Crippen molar-refractivity contribution in [3.05, 3.63) is 101 Å². The van der Waals surface area contributed by atoms with E-state index in [9.17, 15) is 22.8 Å². The molecule has 1 aromatic heterocycles. The van der Waals surface area contributed by atoms with Crippen LogP contribution < -0.4 is 10.2 Å². The summed E-state index contributed by atoms with van der Waals surface area (Å²) in [7, 11) is 1.34. The van der Waals surface area contributed by atoms with Gasteiger partial charge in [-0.15, -0.1) is 0 Å². The first-order chi connectivity index (χ1) is 19.2. The van der Waals surface area contributed by atoms with Gasteiger partial charge in [-0.3, -0.25) is 9.59 Å². The summed E-state index contributed by atoms with van der Waals surface area (Å²) in [5.41, 5.74) is 3.53. The number of hydrogen-bond acceptors (Lipinski definition) is 4. The van der Waals surface area contributed by atoms with Gasteiger partial charge in [0.2, 0.25) is 5.91 Å². The van der Waals surface area contributed by atoms with Gasteiger partial charge in [-0.1, -0.05) is 42.5 Å². The van der Waals surface area contributed by atoms with Crippen molar-refractivity contribution in [3.8, 4) is 0 Å². The second kappa shape index (κ2) is 11.5. The minimum atomic E-state index is -4.47. The largest absolute Gasteiger partial charge is 0.469 e. The standard InChI is InChI=1S/C31H30F3N3O3/c1-40-29(39)17-22-19-35-26-12-9-20(15-25(22)26)16-28(38)36-30(21-7-3-2-4-8-21)24-11-10-23(31(32,33)34)18-27(24)37-13-5-6-14-37/h2-4,7-12,15,18-19,30,35H,5-6,13-14,16-17H2,1H3,(H,36,38). The maximum Gasteiger partial charge on any atom is 0.416 e. The van der Waals surface area contributed by atoms with Crippen LogP contribution in [0.15, 0.2) is 72.9 Å². The number of nitrogens with one attached hydrogen (secondary N) is 2. The van der Waals surface area contributed by atoms with Crippen molar-refractivity contribution < 1.29 is 27.5 Å². The molecule has 1 fully saturated rings. The van der Waals surface area contributed by atoms with Crippen molar-refractivity contribution in [2.24, 2.45) is 0 Å². The zero-order chi connectivity index (χ0) is 28.3. The second-order valence-corrected chi connectivity index (χ2v) is 10.0. The Morgan fingerprint density at radius 2 is 1.75 bits per heavy atom. The Balaban J connectivity index is 1.46. The van der Waals surface area contributed by atoms with Crippen LogP contribution in [0.5, 0.6) is 0 Å². The summed E-state index contributed by atoms with van der Waals surface area (Å²) in [4.78, 5) is 30.3. The van der Waals surface area contributed by atoms with Crippen LogP contribution in [0.1, 0.15) is 46.7 Å². The number of carbonyl (C=O) groups excluding carboxylic acids is 2. The highest BCUT2D eigenvalue weighted by molar-refractivity contribution is 5.89. The third-order valence-corrected chi connectivity index (χ3v) is 7.31. The number of amides is 1. The van der Waals surface area contributed by atoms with Crippen LogP contribution in [0.4, 0.5) is 18.9 Å². The lowest BCUT2D eigenvalue weighted by Gasteiger charge is -2.28. The van der Waals surface area contributed by atoms with E-state index in [0.29, 0.717) is 24.3 Å². The summed E-state index contributed by atoms with van der Waals surface area (Å²) in [5, 5.41) is 3.92. The number of alkyl halides is 3. The van der Waals surface area contributed by atoms with Crippen LogP contribution in [-0.4, -0.2) is 37.1 Å². The predicted octanol–water partition coefficient (Wildman–Crippen LogP) is 5.95. The number of ether oxygens (including phenoxy) is 1. The number of aromatic nitrogens is 1. The number of fused-ring (bicyclic) bond motifs is 1. The molecule has 0 bridgehead atoms. The Morgan fingerprint density at radius 1 is 1.00 bits per heavy atom. The van der Waals surface area contributed by atoms with Crippen molar-refractivity contribution in [1.29, 1.82) is 0 Å². The van der Waals surface area contributed by atoms with E-state index in [2.05, 4.69) is 10.3 Å². The van der Waals surface area contributed by atoms with E-state index >= 15 is 0 Å². The fourth-order valence-electron chi connectivity index (χ4n) is 5.29. The minimum Gasteiger partial charge on any atom is -0.469 e.